The van der Waals surface area contributed by atoms with Crippen LogP contribution < -0.4 is 15.1 Å². The molecular formula is C24H20O4. The highest BCUT2D eigenvalue weighted by molar-refractivity contribution is 5.99. The van der Waals surface area contributed by atoms with Crippen molar-refractivity contribution in [1.82, 2.24) is 0 Å². The van der Waals surface area contributed by atoms with Gasteiger partial charge in [0.15, 0.2) is 0 Å². The molecule has 0 amide bonds. The first-order valence-corrected chi connectivity index (χ1v) is 8.96. The van der Waals surface area contributed by atoms with Gasteiger partial charge in [-0.2, -0.15) is 0 Å². The molecule has 0 saturated heterocycles. The van der Waals surface area contributed by atoms with Gasteiger partial charge in [-0.25, -0.2) is 4.79 Å². The van der Waals surface area contributed by atoms with E-state index in [4.69, 9.17) is 13.9 Å². The monoisotopic (exact) mass is 372 g/mol. The van der Waals surface area contributed by atoms with E-state index < -0.39 is 5.63 Å². The van der Waals surface area contributed by atoms with Crippen molar-refractivity contribution in [3.05, 3.63) is 82.7 Å². The summed E-state index contributed by atoms with van der Waals surface area (Å²) < 4.78 is 16.3. The normalized spacial score (nSPS) is 10.8. The van der Waals surface area contributed by atoms with Crippen molar-refractivity contribution < 1.29 is 13.9 Å². The van der Waals surface area contributed by atoms with Crippen molar-refractivity contribution in [1.29, 1.82) is 0 Å². The van der Waals surface area contributed by atoms with Crippen molar-refractivity contribution in [2.24, 2.45) is 0 Å². The van der Waals surface area contributed by atoms with Gasteiger partial charge in [-0.3, -0.25) is 0 Å². The fourth-order valence-corrected chi connectivity index (χ4v) is 3.44. The second-order valence-corrected chi connectivity index (χ2v) is 6.63. The molecule has 140 valence electrons. The van der Waals surface area contributed by atoms with E-state index in [9.17, 15) is 4.79 Å². The molecule has 1 aromatic heterocycles. The van der Waals surface area contributed by atoms with E-state index in [1.807, 2.05) is 18.2 Å². The van der Waals surface area contributed by atoms with E-state index in [1.165, 1.54) is 11.6 Å². The molecule has 0 spiro atoms. The Hall–Kier alpha value is -3.53. The van der Waals surface area contributed by atoms with Crippen molar-refractivity contribution in [3.63, 3.8) is 0 Å². The number of hydrogen-bond donors (Lipinski definition) is 0. The summed E-state index contributed by atoms with van der Waals surface area (Å²) in [5.74, 6) is 1.16. The molecule has 4 nitrogen and oxygen atoms in total. The first-order valence-electron chi connectivity index (χ1n) is 8.96. The Morgan fingerprint density at radius 3 is 2.21 bits per heavy atom. The Morgan fingerprint density at radius 2 is 1.50 bits per heavy atom. The third-order valence-electron chi connectivity index (χ3n) is 4.76. The summed E-state index contributed by atoms with van der Waals surface area (Å²) in [5, 5.41) is 0.740. The highest BCUT2D eigenvalue weighted by Crippen LogP contribution is 2.38. The molecule has 4 rings (SSSR count). The van der Waals surface area contributed by atoms with Gasteiger partial charge in [0.2, 0.25) is 0 Å². The molecule has 0 unspecified atom stereocenters. The predicted molar refractivity (Wildman–Crippen MR) is 111 cm³/mol. The minimum Gasteiger partial charge on any atom is -0.496 e. The Labute approximate surface area is 163 Å². The molecular weight excluding hydrogens is 352 g/mol. The lowest BCUT2D eigenvalue weighted by atomic mass is 9.96. The smallest absolute Gasteiger partial charge is 0.336 e. The lowest BCUT2D eigenvalue weighted by molar-refractivity contribution is 0.396. The molecule has 0 atom stereocenters. The van der Waals surface area contributed by atoms with Crippen molar-refractivity contribution in [2.45, 2.75) is 6.92 Å². The summed E-state index contributed by atoms with van der Waals surface area (Å²) in [6.45, 7) is 2.07. The fourth-order valence-electron chi connectivity index (χ4n) is 3.44. The van der Waals surface area contributed by atoms with Crippen LogP contribution in [0.1, 0.15) is 5.56 Å². The molecule has 28 heavy (non-hydrogen) atoms. The molecule has 0 aliphatic rings. The van der Waals surface area contributed by atoms with E-state index in [0.717, 1.165) is 27.6 Å². The Bertz CT molecular complexity index is 1220. The number of aryl methyl sites for hydroxylation is 1. The SMILES string of the molecule is COc1cc(OC)c2c(-c3cccc(-c4cccc(C)c4)c3)cc(=O)oc2c1. The molecule has 0 N–H and O–H groups in total. The maximum Gasteiger partial charge on any atom is 0.336 e. The van der Waals surface area contributed by atoms with Crippen molar-refractivity contribution >= 4 is 11.0 Å². The number of benzene rings is 3. The Morgan fingerprint density at radius 1 is 0.786 bits per heavy atom. The molecule has 0 fully saturated rings. The highest BCUT2D eigenvalue weighted by Gasteiger charge is 2.15. The Kier molecular flexibility index (Phi) is 4.62. The summed E-state index contributed by atoms with van der Waals surface area (Å²) >= 11 is 0. The van der Waals surface area contributed by atoms with Gasteiger partial charge in [-0.05, 0) is 29.7 Å². The zero-order valence-electron chi connectivity index (χ0n) is 16.0. The van der Waals surface area contributed by atoms with Gasteiger partial charge in [0.1, 0.15) is 17.1 Å². The summed E-state index contributed by atoms with van der Waals surface area (Å²) in [6, 6.07) is 21.4. The lowest BCUT2D eigenvalue weighted by Crippen LogP contribution is -2.00. The second kappa shape index (κ2) is 7.24. The molecule has 4 aromatic rings. The summed E-state index contributed by atoms with van der Waals surface area (Å²) in [4.78, 5) is 12.2. The minimum absolute atomic E-state index is 0.418. The third kappa shape index (κ3) is 3.25. The van der Waals surface area contributed by atoms with Gasteiger partial charge in [0.05, 0.1) is 19.6 Å². The molecule has 0 radical (unpaired) electrons. The maximum absolute atomic E-state index is 12.2. The van der Waals surface area contributed by atoms with Crippen LogP contribution >= 0.6 is 0 Å². The fraction of sp³-hybridized carbons (Fsp3) is 0.125. The summed E-state index contributed by atoms with van der Waals surface area (Å²) in [5.41, 5.74) is 5.10. The number of hydrogen-bond acceptors (Lipinski definition) is 4. The quantitative estimate of drug-likeness (QED) is 0.447. The molecule has 0 bridgehead atoms. The van der Waals surface area contributed by atoms with Gasteiger partial charge in [-0.1, -0.05) is 48.0 Å². The van der Waals surface area contributed by atoms with E-state index in [2.05, 4.69) is 37.3 Å². The highest BCUT2D eigenvalue weighted by atomic mass is 16.5. The predicted octanol–water partition coefficient (Wildman–Crippen LogP) is 5.45. The molecule has 4 heteroatoms. The van der Waals surface area contributed by atoms with Crippen molar-refractivity contribution in [2.75, 3.05) is 14.2 Å². The summed E-state index contributed by atoms with van der Waals surface area (Å²) in [7, 11) is 3.15. The molecule has 0 saturated carbocycles. The zero-order valence-corrected chi connectivity index (χ0v) is 16.0. The molecule has 0 aliphatic heterocycles. The molecule has 0 aliphatic carbocycles. The molecule has 3 aromatic carbocycles. The average molecular weight is 372 g/mol. The standard InChI is InChI=1S/C24H20O4/c1-15-6-4-7-16(10-15)17-8-5-9-18(11-17)20-14-23(25)28-22-13-19(26-2)12-21(27-3)24(20)22/h4-14H,1-3H3. The zero-order chi connectivity index (χ0) is 19.7. The lowest BCUT2D eigenvalue weighted by Gasteiger charge is -2.13. The third-order valence-corrected chi connectivity index (χ3v) is 4.76. The molecule has 1 heterocycles. The minimum atomic E-state index is -0.418. The summed E-state index contributed by atoms with van der Waals surface area (Å²) in [6.07, 6.45) is 0. The van der Waals surface area contributed by atoms with Crippen LogP contribution in [-0.2, 0) is 0 Å². The van der Waals surface area contributed by atoms with Crippen LogP contribution in [-0.4, -0.2) is 14.2 Å². The van der Waals surface area contributed by atoms with Crippen LogP contribution in [0.5, 0.6) is 11.5 Å². The van der Waals surface area contributed by atoms with E-state index >= 15 is 0 Å². The average Bonchev–Trinajstić information content (AvgIpc) is 2.72. The van der Waals surface area contributed by atoms with Gasteiger partial charge in [0, 0.05) is 23.8 Å². The van der Waals surface area contributed by atoms with Crippen LogP contribution in [0.4, 0.5) is 0 Å². The van der Waals surface area contributed by atoms with E-state index in [-0.39, 0.29) is 0 Å². The topological polar surface area (TPSA) is 48.7 Å². The van der Waals surface area contributed by atoms with Gasteiger partial charge in [-0.15, -0.1) is 0 Å². The first-order chi connectivity index (χ1) is 13.6. The van der Waals surface area contributed by atoms with Crippen LogP contribution in [0.3, 0.4) is 0 Å². The van der Waals surface area contributed by atoms with Gasteiger partial charge >= 0.3 is 5.63 Å². The van der Waals surface area contributed by atoms with E-state index in [0.29, 0.717) is 17.1 Å². The number of methoxy groups -OCH3 is 2. The van der Waals surface area contributed by atoms with E-state index in [1.54, 1.807) is 26.4 Å². The van der Waals surface area contributed by atoms with Crippen LogP contribution in [0, 0.1) is 6.92 Å². The number of ether oxygens (including phenoxy) is 2. The second-order valence-electron chi connectivity index (χ2n) is 6.63. The van der Waals surface area contributed by atoms with Gasteiger partial charge < -0.3 is 13.9 Å². The Balaban J connectivity index is 1.97. The maximum atomic E-state index is 12.2. The van der Waals surface area contributed by atoms with Crippen LogP contribution in [0.2, 0.25) is 0 Å². The van der Waals surface area contributed by atoms with Crippen LogP contribution in [0.25, 0.3) is 33.2 Å². The number of fused-ring (bicyclic) bond motifs is 1. The first kappa shape index (κ1) is 17.9. The largest absolute Gasteiger partial charge is 0.496 e. The van der Waals surface area contributed by atoms with Crippen molar-refractivity contribution in [3.8, 4) is 33.8 Å². The van der Waals surface area contributed by atoms with Gasteiger partial charge in [0.25, 0.3) is 0 Å². The van der Waals surface area contributed by atoms with Crippen LogP contribution in [0.15, 0.2) is 75.9 Å². The number of rotatable bonds is 4.